The first-order valence-corrected chi connectivity index (χ1v) is 4.07. The fraction of sp³-hybridized carbons (Fsp3) is 0.167. The molecule has 0 aliphatic carbocycles. The molecule has 0 amide bonds. The second kappa shape index (κ2) is 3.00. The molecule has 0 radical (unpaired) electrons. The predicted molar refractivity (Wildman–Crippen MR) is 41.3 cm³/mol. The number of hydrogen-bond acceptors (Lipinski definition) is 6. The largest absolute Gasteiger partial charge is 0.437 e. The standard InChI is InChI=1S/C6H5N3O2S/c10-2-4-1-7-6(11-4)5-3-12-9-8-5/h1,3,10H,2H2. The highest BCUT2D eigenvalue weighted by atomic mass is 32.1. The minimum atomic E-state index is -0.148. The fourth-order valence-corrected chi connectivity index (χ4v) is 1.19. The Morgan fingerprint density at radius 2 is 2.50 bits per heavy atom. The minimum Gasteiger partial charge on any atom is -0.437 e. The number of aliphatic hydroxyl groups is 1. The first kappa shape index (κ1) is 7.38. The number of oxazole rings is 1. The van der Waals surface area contributed by atoms with Gasteiger partial charge in [0, 0.05) is 5.38 Å². The summed E-state index contributed by atoms with van der Waals surface area (Å²) < 4.78 is 8.78. The molecule has 0 unspecified atom stereocenters. The summed E-state index contributed by atoms with van der Waals surface area (Å²) in [7, 11) is 0. The van der Waals surface area contributed by atoms with Crippen molar-refractivity contribution in [2.75, 3.05) is 0 Å². The van der Waals surface area contributed by atoms with Crippen LogP contribution < -0.4 is 0 Å². The van der Waals surface area contributed by atoms with Gasteiger partial charge in [-0.2, -0.15) is 0 Å². The summed E-state index contributed by atoms with van der Waals surface area (Å²) in [6, 6.07) is 0. The lowest BCUT2D eigenvalue weighted by atomic mass is 10.5. The lowest BCUT2D eigenvalue weighted by Gasteiger charge is -1.84. The highest BCUT2D eigenvalue weighted by Crippen LogP contribution is 2.16. The summed E-state index contributed by atoms with van der Waals surface area (Å²) in [6.07, 6.45) is 1.47. The van der Waals surface area contributed by atoms with Gasteiger partial charge in [-0.1, -0.05) is 4.49 Å². The molecule has 6 heteroatoms. The summed E-state index contributed by atoms with van der Waals surface area (Å²) in [4.78, 5) is 3.91. The van der Waals surface area contributed by atoms with Crippen molar-refractivity contribution in [2.45, 2.75) is 6.61 Å². The SMILES string of the molecule is OCc1cnc(-c2csnn2)o1. The Hall–Kier alpha value is -1.27. The van der Waals surface area contributed by atoms with Crippen LogP contribution in [0.3, 0.4) is 0 Å². The number of aliphatic hydroxyl groups excluding tert-OH is 1. The summed E-state index contributed by atoms with van der Waals surface area (Å²) >= 11 is 1.23. The average Bonchev–Trinajstić information content (AvgIpc) is 2.75. The molecular weight excluding hydrogens is 178 g/mol. The third kappa shape index (κ3) is 1.21. The average molecular weight is 183 g/mol. The molecular formula is C6H5N3O2S. The van der Waals surface area contributed by atoms with Crippen LogP contribution in [-0.4, -0.2) is 19.7 Å². The van der Waals surface area contributed by atoms with Crippen LogP contribution in [0.5, 0.6) is 0 Å². The highest BCUT2D eigenvalue weighted by Gasteiger charge is 2.07. The molecule has 2 heterocycles. The quantitative estimate of drug-likeness (QED) is 0.741. The number of rotatable bonds is 2. The molecule has 2 aromatic heterocycles. The normalized spacial score (nSPS) is 10.4. The molecule has 2 rings (SSSR count). The van der Waals surface area contributed by atoms with Crippen LogP contribution in [-0.2, 0) is 6.61 Å². The molecule has 0 bridgehead atoms. The van der Waals surface area contributed by atoms with Crippen LogP contribution in [0.25, 0.3) is 11.6 Å². The van der Waals surface area contributed by atoms with E-state index in [1.807, 2.05) is 0 Å². The second-order valence-corrected chi connectivity index (χ2v) is 2.69. The highest BCUT2D eigenvalue weighted by molar-refractivity contribution is 7.03. The molecule has 0 saturated carbocycles. The van der Waals surface area contributed by atoms with Crippen molar-refractivity contribution in [1.29, 1.82) is 0 Å². The Labute approximate surface area is 71.9 Å². The van der Waals surface area contributed by atoms with Crippen molar-refractivity contribution in [2.24, 2.45) is 0 Å². The maximum absolute atomic E-state index is 8.68. The third-order valence-corrected chi connectivity index (χ3v) is 1.79. The smallest absolute Gasteiger partial charge is 0.248 e. The third-order valence-electron chi connectivity index (χ3n) is 1.29. The molecule has 2 aromatic rings. The zero-order valence-electron chi connectivity index (χ0n) is 5.97. The molecule has 0 saturated heterocycles. The number of nitrogens with zero attached hydrogens (tertiary/aromatic N) is 3. The van der Waals surface area contributed by atoms with E-state index in [0.717, 1.165) is 0 Å². The Balaban J connectivity index is 2.35. The molecule has 5 nitrogen and oxygen atoms in total. The Bertz CT molecular complexity index is 357. The lowest BCUT2D eigenvalue weighted by Crippen LogP contribution is -1.76. The minimum absolute atomic E-state index is 0.148. The van der Waals surface area contributed by atoms with Gasteiger partial charge in [-0.3, -0.25) is 0 Å². The van der Waals surface area contributed by atoms with E-state index < -0.39 is 0 Å². The maximum Gasteiger partial charge on any atom is 0.248 e. The molecule has 12 heavy (non-hydrogen) atoms. The van der Waals surface area contributed by atoms with Gasteiger partial charge in [-0.05, 0) is 11.5 Å². The summed E-state index contributed by atoms with van der Waals surface area (Å²) in [6.45, 7) is -0.148. The van der Waals surface area contributed by atoms with E-state index in [2.05, 4.69) is 14.6 Å². The van der Waals surface area contributed by atoms with Crippen LogP contribution in [0, 0.1) is 0 Å². The Kier molecular flexibility index (Phi) is 1.84. The van der Waals surface area contributed by atoms with Crippen molar-refractivity contribution in [3.05, 3.63) is 17.3 Å². The van der Waals surface area contributed by atoms with Crippen LogP contribution >= 0.6 is 11.5 Å². The molecule has 62 valence electrons. The molecule has 0 aliphatic rings. The molecule has 0 spiro atoms. The van der Waals surface area contributed by atoms with Crippen LogP contribution in [0.15, 0.2) is 16.0 Å². The van der Waals surface area contributed by atoms with E-state index in [0.29, 0.717) is 17.3 Å². The monoisotopic (exact) mass is 183 g/mol. The van der Waals surface area contributed by atoms with E-state index in [9.17, 15) is 0 Å². The van der Waals surface area contributed by atoms with Crippen LogP contribution in [0.2, 0.25) is 0 Å². The summed E-state index contributed by atoms with van der Waals surface area (Å²) in [5, 5.41) is 14.2. The second-order valence-electron chi connectivity index (χ2n) is 2.08. The molecule has 0 aromatic carbocycles. The zero-order valence-corrected chi connectivity index (χ0v) is 6.78. The van der Waals surface area contributed by atoms with Gasteiger partial charge in [-0.15, -0.1) is 5.10 Å². The maximum atomic E-state index is 8.68. The van der Waals surface area contributed by atoms with Gasteiger partial charge in [0.25, 0.3) is 0 Å². The van der Waals surface area contributed by atoms with Gasteiger partial charge in [0.05, 0.1) is 6.20 Å². The van der Waals surface area contributed by atoms with Crippen LogP contribution in [0.4, 0.5) is 0 Å². The van der Waals surface area contributed by atoms with Gasteiger partial charge in [0.15, 0.2) is 5.69 Å². The van der Waals surface area contributed by atoms with Gasteiger partial charge < -0.3 is 9.52 Å². The van der Waals surface area contributed by atoms with E-state index in [4.69, 9.17) is 9.52 Å². The van der Waals surface area contributed by atoms with Crippen molar-refractivity contribution in [3.8, 4) is 11.6 Å². The predicted octanol–water partition coefficient (Wildman–Crippen LogP) is 0.685. The zero-order chi connectivity index (χ0) is 8.39. The van der Waals surface area contributed by atoms with Crippen molar-refractivity contribution < 1.29 is 9.52 Å². The summed E-state index contributed by atoms with van der Waals surface area (Å²) in [5.74, 6) is 0.825. The summed E-state index contributed by atoms with van der Waals surface area (Å²) in [5.41, 5.74) is 0.597. The first-order valence-electron chi connectivity index (χ1n) is 3.23. The number of hydrogen-bond donors (Lipinski definition) is 1. The van der Waals surface area contributed by atoms with E-state index in [-0.39, 0.29) is 6.61 Å². The molecule has 1 N–H and O–H groups in total. The fourth-order valence-electron chi connectivity index (χ4n) is 0.757. The van der Waals surface area contributed by atoms with Crippen LogP contribution in [0.1, 0.15) is 5.76 Å². The lowest BCUT2D eigenvalue weighted by molar-refractivity contribution is 0.248. The Morgan fingerprint density at radius 3 is 3.08 bits per heavy atom. The number of aromatic nitrogens is 3. The first-order chi connectivity index (χ1) is 5.90. The van der Waals surface area contributed by atoms with E-state index >= 15 is 0 Å². The van der Waals surface area contributed by atoms with Crippen molar-refractivity contribution in [3.63, 3.8) is 0 Å². The molecule has 0 atom stereocenters. The van der Waals surface area contributed by atoms with E-state index in [1.54, 1.807) is 5.38 Å². The van der Waals surface area contributed by atoms with Gasteiger partial charge >= 0.3 is 0 Å². The van der Waals surface area contributed by atoms with Gasteiger partial charge in [0.1, 0.15) is 12.4 Å². The van der Waals surface area contributed by atoms with Crippen molar-refractivity contribution in [1.82, 2.24) is 14.6 Å². The van der Waals surface area contributed by atoms with Gasteiger partial charge in [-0.25, -0.2) is 4.98 Å². The van der Waals surface area contributed by atoms with E-state index in [1.165, 1.54) is 17.7 Å². The molecule has 0 fully saturated rings. The molecule has 0 aliphatic heterocycles. The topological polar surface area (TPSA) is 72.0 Å². The van der Waals surface area contributed by atoms with Crippen molar-refractivity contribution >= 4 is 11.5 Å². The Morgan fingerprint density at radius 1 is 1.58 bits per heavy atom. The van der Waals surface area contributed by atoms with Gasteiger partial charge in [0.2, 0.25) is 5.89 Å².